The summed E-state index contributed by atoms with van der Waals surface area (Å²) in [7, 11) is 0. The van der Waals surface area contributed by atoms with Crippen LogP contribution in [-0.4, -0.2) is 15.4 Å². The van der Waals surface area contributed by atoms with Crippen molar-refractivity contribution in [2.45, 2.75) is 17.2 Å². The highest BCUT2D eigenvalue weighted by molar-refractivity contribution is 6.49. The molecule has 1 aromatic rings. The number of rotatable bonds is 3. The number of benzene rings is 1. The Bertz CT molecular complexity index is 317. The summed E-state index contributed by atoms with van der Waals surface area (Å²) < 4.78 is -1.31. The van der Waals surface area contributed by atoms with Crippen molar-refractivity contribution < 1.29 is 9.90 Å². The first-order valence-electron chi connectivity index (χ1n) is 4.08. The lowest BCUT2D eigenvalue weighted by Gasteiger charge is -2.22. The number of aliphatic carboxylic acids is 1. The van der Waals surface area contributed by atoms with Gasteiger partial charge in [-0.15, -0.1) is 23.2 Å². The van der Waals surface area contributed by atoms with E-state index in [4.69, 9.17) is 28.3 Å². The number of halogens is 2. The fraction of sp³-hybridized carbons (Fsp3) is 0.300. The second-order valence-electron chi connectivity index (χ2n) is 3.14. The molecule has 1 aromatic carbocycles. The Hall–Kier alpha value is -0.730. The number of alkyl halides is 2. The predicted molar refractivity (Wildman–Crippen MR) is 56.9 cm³/mol. The van der Waals surface area contributed by atoms with Crippen molar-refractivity contribution in [2.75, 3.05) is 0 Å². The van der Waals surface area contributed by atoms with Crippen LogP contribution in [0.5, 0.6) is 0 Å². The van der Waals surface area contributed by atoms with Gasteiger partial charge < -0.3 is 5.11 Å². The van der Waals surface area contributed by atoms with Crippen LogP contribution in [0.3, 0.4) is 0 Å². The van der Waals surface area contributed by atoms with Crippen molar-refractivity contribution in [3.63, 3.8) is 0 Å². The third kappa shape index (κ3) is 2.63. The number of hydrogen-bond donors (Lipinski definition) is 1. The first kappa shape index (κ1) is 11.3. The van der Waals surface area contributed by atoms with E-state index in [2.05, 4.69) is 0 Å². The molecule has 0 saturated carbocycles. The normalized spacial score (nSPS) is 13.6. The van der Waals surface area contributed by atoms with Crippen molar-refractivity contribution in [3.8, 4) is 0 Å². The van der Waals surface area contributed by atoms with Gasteiger partial charge in [-0.1, -0.05) is 30.3 Å². The lowest BCUT2D eigenvalue weighted by atomic mass is 9.96. The maximum atomic E-state index is 11.0. The third-order valence-corrected chi connectivity index (χ3v) is 2.32. The highest BCUT2D eigenvalue weighted by Crippen LogP contribution is 2.37. The number of carboxylic acids is 1. The van der Waals surface area contributed by atoms with Gasteiger partial charge in [-0.25, -0.2) is 0 Å². The van der Waals surface area contributed by atoms with Gasteiger partial charge in [0, 0.05) is 0 Å². The Kier molecular flexibility index (Phi) is 3.40. The average Bonchev–Trinajstić information content (AvgIpc) is 2.02. The van der Waals surface area contributed by atoms with Gasteiger partial charge in [0.15, 0.2) is 0 Å². The molecule has 1 rings (SSSR count). The maximum absolute atomic E-state index is 11.0. The Morgan fingerprint density at radius 2 is 1.86 bits per heavy atom. The summed E-state index contributed by atoms with van der Waals surface area (Å²) in [5.74, 6) is -1.93. The molecular formula is C10H10Cl2O2. The zero-order valence-electron chi connectivity index (χ0n) is 7.58. The largest absolute Gasteiger partial charge is 0.481 e. The van der Waals surface area contributed by atoms with Gasteiger partial charge in [-0.05, 0) is 12.5 Å². The van der Waals surface area contributed by atoms with Crippen LogP contribution < -0.4 is 0 Å². The van der Waals surface area contributed by atoms with E-state index >= 15 is 0 Å². The minimum absolute atomic E-state index is 0.604. The molecule has 0 aliphatic heterocycles. The average molecular weight is 233 g/mol. The predicted octanol–water partition coefficient (Wildman–Crippen LogP) is 3.05. The minimum atomic E-state index is -1.31. The van der Waals surface area contributed by atoms with Gasteiger partial charge in [-0.2, -0.15) is 0 Å². The summed E-state index contributed by atoms with van der Waals surface area (Å²) in [6.45, 7) is 1.47. The third-order valence-electron chi connectivity index (χ3n) is 1.89. The van der Waals surface area contributed by atoms with Crippen LogP contribution in [0, 0.1) is 0 Å². The first-order chi connectivity index (χ1) is 6.43. The molecule has 0 radical (unpaired) electrons. The van der Waals surface area contributed by atoms with E-state index in [-0.39, 0.29) is 0 Å². The zero-order valence-corrected chi connectivity index (χ0v) is 9.09. The van der Waals surface area contributed by atoms with Crippen LogP contribution in [0.1, 0.15) is 18.4 Å². The molecule has 0 bridgehead atoms. The van der Waals surface area contributed by atoms with Crippen molar-refractivity contribution in [1.82, 2.24) is 0 Å². The fourth-order valence-electron chi connectivity index (χ4n) is 1.30. The monoisotopic (exact) mass is 232 g/mol. The van der Waals surface area contributed by atoms with E-state index in [0.29, 0.717) is 5.56 Å². The van der Waals surface area contributed by atoms with E-state index in [0.717, 1.165) is 0 Å². The quantitative estimate of drug-likeness (QED) is 0.814. The van der Waals surface area contributed by atoms with Gasteiger partial charge in [-0.3, -0.25) is 4.79 Å². The van der Waals surface area contributed by atoms with Gasteiger partial charge in [0.05, 0.1) is 0 Å². The molecule has 0 saturated heterocycles. The van der Waals surface area contributed by atoms with Crippen LogP contribution in [0.4, 0.5) is 0 Å². The zero-order chi connectivity index (χ0) is 10.8. The van der Waals surface area contributed by atoms with E-state index in [1.165, 1.54) is 6.92 Å². The SMILES string of the molecule is CC(Cl)(Cl)C(C(=O)O)c1ccccc1. The number of carbonyl (C=O) groups is 1. The summed E-state index contributed by atoms with van der Waals surface area (Å²) in [4.78, 5) is 11.0. The highest BCUT2D eigenvalue weighted by Gasteiger charge is 2.36. The molecule has 1 N–H and O–H groups in total. The minimum Gasteiger partial charge on any atom is -0.481 e. The lowest BCUT2D eigenvalue weighted by Crippen LogP contribution is -2.27. The maximum Gasteiger partial charge on any atom is 0.314 e. The van der Waals surface area contributed by atoms with E-state index < -0.39 is 16.2 Å². The molecule has 1 unspecified atom stereocenters. The highest BCUT2D eigenvalue weighted by atomic mass is 35.5. The van der Waals surface area contributed by atoms with Crippen molar-refractivity contribution in [2.24, 2.45) is 0 Å². The molecule has 0 amide bonds. The molecule has 4 heteroatoms. The molecule has 0 aromatic heterocycles. The Morgan fingerprint density at radius 1 is 1.36 bits per heavy atom. The molecule has 0 aliphatic carbocycles. The van der Waals surface area contributed by atoms with E-state index in [1.54, 1.807) is 24.3 Å². The van der Waals surface area contributed by atoms with Gasteiger partial charge >= 0.3 is 5.97 Å². The topological polar surface area (TPSA) is 37.3 Å². The molecule has 14 heavy (non-hydrogen) atoms. The summed E-state index contributed by atoms with van der Waals surface area (Å²) in [6, 6.07) is 8.71. The van der Waals surface area contributed by atoms with Crippen LogP contribution in [0.25, 0.3) is 0 Å². The van der Waals surface area contributed by atoms with E-state index in [1.807, 2.05) is 6.07 Å². The Morgan fingerprint density at radius 3 is 2.21 bits per heavy atom. The number of hydrogen-bond acceptors (Lipinski definition) is 1. The summed E-state index contributed by atoms with van der Waals surface area (Å²) >= 11 is 11.6. The summed E-state index contributed by atoms with van der Waals surface area (Å²) in [5.41, 5.74) is 0.604. The van der Waals surface area contributed by atoms with E-state index in [9.17, 15) is 4.79 Å². The van der Waals surface area contributed by atoms with Gasteiger partial charge in [0.25, 0.3) is 0 Å². The molecule has 0 aliphatic rings. The summed E-state index contributed by atoms with van der Waals surface area (Å²) in [6.07, 6.45) is 0. The van der Waals surface area contributed by atoms with Crippen molar-refractivity contribution in [1.29, 1.82) is 0 Å². The number of carboxylic acid groups (broad SMARTS) is 1. The van der Waals surface area contributed by atoms with Crippen molar-refractivity contribution >= 4 is 29.2 Å². The first-order valence-corrected chi connectivity index (χ1v) is 4.84. The van der Waals surface area contributed by atoms with Crippen LogP contribution in [-0.2, 0) is 4.79 Å². The standard InChI is InChI=1S/C10H10Cl2O2/c1-10(11,12)8(9(13)14)7-5-3-2-4-6-7/h2-6,8H,1H3,(H,13,14). The fourth-order valence-corrected chi connectivity index (χ4v) is 1.74. The van der Waals surface area contributed by atoms with Gasteiger partial charge in [0.2, 0.25) is 0 Å². The lowest BCUT2D eigenvalue weighted by molar-refractivity contribution is -0.139. The molecule has 2 nitrogen and oxygen atoms in total. The molecule has 1 atom stereocenters. The van der Waals surface area contributed by atoms with Crippen LogP contribution >= 0.6 is 23.2 Å². The molecule has 76 valence electrons. The second-order valence-corrected chi connectivity index (χ2v) is 4.90. The molecule has 0 spiro atoms. The second kappa shape index (κ2) is 4.20. The Balaban J connectivity index is 3.08. The summed E-state index contributed by atoms with van der Waals surface area (Å²) in [5, 5.41) is 8.99. The van der Waals surface area contributed by atoms with Crippen LogP contribution in [0.15, 0.2) is 30.3 Å². The van der Waals surface area contributed by atoms with Gasteiger partial charge in [0.1, 0.15) is 10.3 Å². The smallest absolute Gasteiger partial charge is 0.314 e. The van der Waals surface area contributed by atoms with Crippen molar-refractivity contribution in [3.05, 3.63) is 35.9 Å². The Labute approximate surface area is 92.5 Å². The van der Waals surface area contributed by atoms with Crippen LogP contribution in [0.2, 0.25) is 0 Å². The molecular weight excluding hydrogens is 223 g/mol. The molecule has 0 heterocycles. The molecule has 0 fully saturated rings.